The van der Waals surface area contributed by atoms with Gasteiger partial charge in [-0.15, -0.1) is 0 Å². The van der Waals surface area contributed by atoms with Gasteiger partial charge in [0.25, 0.3) is 0 Å². The summed E-state index contributed by atoms with van der Waals surface area (Å²) in [6, 6.07) is 0. The fourth-order valence-electron chi connectivity index (χ4n) is 1.06. The second kappa shape index (κ2) is 3.49. The Hall–Kier alpha value is -0.520. The van der Waals surface area contributed by atoms with Crippen LogP contribution in [0.3, 0.4) is 0 Å². The van der Waals surface area contributed by atoms with Crippen LogP contribution in [0.1, 0.15) is 26.2 Å². The van der Waals surface area contributed by atoms with Crippen LogP contribution in [0.15, 0.2) is 24.3 Å². The topological polar surface area (TPSA) is 0 Å². The van der Waals surface area contributed by atoms with Crippen molar-refractivity contribution >= 4 is 0 Å². The van der Waals surface area contributed by atoms with E-state index in [4.69, 9.17) is 0 Å². The van der Waals surface area contributed by atoms with E-state index in [1.807, 2.05) is 0 Å². The van der Waals surface area contributed by atoms with Crippen LogP contribution in [0.4, 0.5) is 0 Å². The molecule has 1 atom stereocenters. The second-order valence-corrected chi connectivity index (χ2v) is 2.77. The molecule has 0 saturated carbocycles. The summed E-state index contributed by atoms with van der Waals surface area (Å²) in [7, 11) is 0. The summed E-state index contributed by atoms with van der Waals surface area (Å²) in [6.07, 6.45) is 12.6. The SMILES string of the molecule is CC1C/C=C\C=C/CC1. The quantitative estimate of drug-likeness (QED) is 0.463. The molecule has 0 fully saturated rings. The minimum Gasteiger partial charge on any atom is -0.0845 e. The lowest BCUT2D eigenvalue weighted by Crippen LogP contribution is -1.91. The largest absolute Gasteiger partial charge is 0.0845 e. The van der Waals surface area contributed by atoms with Gasteiger partial charge in [0.2, 0.25) is 0 Å². The van der Waals surface area contributed by atoms with Gasteiger partial charge in [-0.1, -0.05) is 31.2 Å². The number of allylic oxidation sites excluding steroid dienone is 4. The van der Waals surface area contributed by atoms with E-state index in [0.717, 1.165) is 5.92 Å². The van der Waals surface area contributed by atoms with Crippen molar-refractivity contribution in [1.29, 1.82) is 0 Å². The van der Waals surface area contributed by atoms with E-state index in [2.05, 4.69) is 31.2 Å². The maximum Gasteiger partial charge on any atom is -0.0322 e. The van der Waals surface area contributed by atoms with Crippen molar-refractivity contribution in [3.8, 4) is 0 Å². The lowest BCUT2D eigenvalue weighted by Gasteiger charge is -2.06. The molecule has 0 radical (unpaired) electrons. The molecule has 0 aromatic rings. The Morgan fingerprint density at radius 2 is 2.00 bits per heavy atom. The van der Waals surface area contributed by atoms with Gasteiger partial charge in [-0.25, -0.2) is 0 Å². The third kappa shape index (κ3) is 2.50. The molecule has 50 valence electrons. The van der Waals surface area contributed by atoms with E-state index in [-0.39, 0.29) is 0 Å². The number of rotatable bonds is 0. The first-order valence-electron chi connectivity index (χ1n) is 3.71. The zero-order valence-corrected chi connectivity index (χ0v) is 6.01. The third-order valence-corrected chi connectivity index (χ3v) is 1.75. The molecule has 0 saturated heterocycles. The van der Waals surface area contributed by atoms with E-state index in [9.17, 15) is 0 Å². The van der Waals surface area contributed by atoms with Crippen molar-refractivity contribution < 1.29 is 0 Å². The Kier molecular flexibility index (Phi) is 2.56. The van der Waals surface area contributed by atoms with E-state index < -0.39 is 0 Å². The first-order chi connectivity index (χ1) is 4.39. The molecular weight excluding hydrogens is 108 g/mol. The predicted molar refractivity (Wildman–Crippen MR) is 41.3 cm³/mol. The minimum atomic E-state index is 0.881. The monoisotopic (exact) mass is 122 g/mol. The average Bonchev–Trinajstić information content (AvgIpc) is 1.79. The van der Waals surface area contributed by atoms with Crippen molar-refractivity contribution in [1.82, 2.24) is 0 Å². The highest BCUT2D eigenvalue weighted by Crippen LogP contribution is 2.12. The summed E-state index contributed by atoms with van der Waals surface area (Å²) in [4.78, 5) is 0. The lowest BCUT2D eigenvalue weighted by atomic mass is 10.00. The molecule has 0 bridgehead atoms. The molecule has 0 heterocycles. The molecule has 0 aromatic heterocycles. The average molecular weight is 122 g/mol. The second-order valence-electron chi connectivity index (χ2n) is 2.77. The molecule has 0 spiro atoms. The molecule has 1 aliphatic carbocycles. The highest BCUT2D eigenvalue weighted by atomic mass is 14.0. The maximum absolute atomic E-state index is 2.31. The summed E-state index contributed by atoms with van der Waals surface area (Å²) in [5, 5.41) is 0. The van der Waals surface area contributed by atoms with Gasteiger partial charge in [-0.05, 0) is 25.2 Å². The molecule has 0 amide bonds. The number of hydrogen-bond acceptors (Lipinski definition) is 0. The Labute approximate surface area is 57.3 Å². The van der Waals surface area contributed by atoms with Crippen LogP contribution >= 0.6 is 0 Å². The van der Waals surface area contributed by atoms with Gasteiger partial charge in [0.1, 0.15) is 0 Å². The summed E-state index contributed by atoms with van der Waals surface area (Å²) in [5.74, 6) is 0.881. The maximum atomic E-state index is 2.31. The Morgan fingerprint density at radius 3 is 2.89 bits per heavy atom. The normalized spacial score (nSPS) is 34.6. The molecule has 0 aliphatic heterocycles. The van der Waals surface area contributed by atoms with E-state index in [1.54, 1.807) is 0 Å². The lowest BCUT2D eigenvalue weighted by molar-refractivity contribution is 0.544. The van der Waals surface area contributed by atoms with Gasteiger partial charge in [0.05, 0.1) is 0 Å². The molecule has 0 heteroatoms. The van der Waals surface area contributed by atoms with Crippen LogP contribution in [-0.4, -0.2) is 0 Å². The van der Waals surface area contributed by atoms with Crippen molar-refractivity contribution in [3.05, 3.63) is 24.3 Å². The van der Waals surface area contributed by atoms with Crippen LogP contribution < -0.4 is 0 Å². The Morgan fingerprint density at radius 1 is 1.22 bits per heavy atom. The molecule has 9 heavy (non-hydrogen) atoms. The van der Waals surface area contributed by atoms with Crippen molar-refractivity contribution in [2.24, 2.45) is 5.92 Å². The third-order valence-electron chi connectivity index (χ3n) is 1.75. The first-order valence-corrected chi connectivity index (χ1v) is 3.71. The summed E-state index contributed by atoms with van der Waals surface area (Å²) in [6.45, 7) is 2.31. The van der Waals surface area contributed by atoms with Gasteiger partial charge < -0.3 is 0 Å². The van der Waals surface area contributed by atoms with Gasteiger partial charge in [-0.3, -0.25) is 0 Å². The van der Waals surface area contributed by atoms with Crippen LogP contribution in [0.2, 0.25) is 0 Å². The Balaban J connectivity index is 2.40. The van der Waals surface area contributed by atoms with Gasteiger partial charge >= 0.3 is 0 Å². The predicted octanol–water partition coefficient (Wildman–Crippen LogP) is 2.92. The molecule has 1 unspecified atom stereocenters. The van der Waals surface area contributed by atoms with Crippen LogP contribution in [-0.2, 0) is 0 Å². The van der Waals surface area contributed by atoms with Crippen molar-refractivity contribution in [2.45, 2.75) is 26.2 Å². The summed E-state index contributed by atoms with van der Waals surface area (Å²) in [5.41, 5.74) is 0. The van der Waals surface area contributed by atoms with E-state index in [0.29, 0.717) is 0 Å². The standard InChI is InChI=1S/C9H14/c1-9-7-5-3-2-4-6-8-9/h2-5,9H,6-8H2,1H3/b4-2-,5-3-. The van der Waals surface area contributed by atoms with E-state index in [1.165, 1.54) is 19.3 Å². The zero-order valence-electron chi connectivity index (χ0n) is 6.01. The fraction of sp³-hybridized carbons (Fsp3) is 0.556. The highest BCUT2D eigenvalue weighted by Gasteiger charge is 1.97. The van der Waals surface area contributed by atoms with Crippen LogP contribution in [0.25, 0.3) is 0 Å². The van der Waals surface area contributed by atoms with Gasteiger partial charge in [0, 0.05) is 0 Å². The molecule has 0 aromatic carbocycles. The molecule has 0 nitrogen and oxygen atoms in total. The summed E-state index contributed by atoms with van der Waals surface area (Å²) >= 11 is 0. The fourth-order valence-corrected chi connectivity index (χ4v) is 1.06. The highest BCUT2D eigenvalue weighted by molar-refractivity contribution is 5.04. The van der Waals surface area contributed by atoms with Gasteiger partial charge in [-0.2, -0.15) is 0 Å². The Bertz CT molecular complexity index is 120. The zero-order chi connectivity index (χ0) is 6.53. The molecular formula is C9H14. The molecule has 1 rings (SSSR count). The van der Waals surface area contributed by atoms with Crippen molar-refractivity contribution in [2.75, 3.05) is 0 Å². The summed E-state index contributed by atoms with van der Waals surface area (Å²) < 4.78 is 0. The minimum absolute atomic E-state index is 0.881. The van der Waals surface area contributed by atoms with Crippen LogP contribution in [0.5, 0.6) is 0 Å². The number of hydrogen-bond donors (Lipinski definition) is 0. The first kappa shape index (κ1) is 6.60. The smallest absolute Gasteiger partial charge is 0.0322 e. The van der Waals surface area contributed by atoms with Crippen LogP contribution in [0, 0.1) is 5.92 Å². The molecule has 1 aliphatic rings. The van der Waals surface area contributed by atoms with Gasteiger partial charge in [0.15, 0.2) is 0 Å². The van der Waals surface area contributed by atoms with Crippen molar-refractivity contribution in [3.63, 3.8) is 0 Å². The molecule has 0 N–H and O–H groups in total. The van der Waals surface area contributed by atoms with E-state index >= 15 is 0 Å².